The number of benzene rings is 2. The Morgan fingerprint density at radius 2 is 1.80 bits per heavy atom. The van der Waals surface area contributed by atoms with Crippen molar-refractivity contribution in [3.05, 3.63) is 59.9 Å². The third-order valence-electron chi connectivity index (χ3n) is 3.89. The Morgan fingerprint density at radius 1 is 1.08 bits per heavy atom. The second-order valence-electron chi connectivity index (χ2n) is 5.87. The summed E-state index contributed by atoms with van der Waals surface area (Å²) in [4.78, 5) is 12.6. The molecule has 25 heavy (non-hydrogen) atoms. The van der Waals surface area contributed by atoms with Crippen LogP contribution in [0.2, 0.25) is 0 Å². The summed E-state index contributed by atoms with van der Waals surface area (Å²) >= 11 is 0. The van der Waals surface area contributed by atoms with Crippen LogP contribution in [0, 0.1) is 6.92 Å². The maximum Gasteiger partial charge on any atom is 0.291 e. The number of anilines is 1. The van der Waals surface area contributed by atoms with Crippen LogP contribution in [0.1, 0.15) is 16.1 Å². The van der Waals surface area contributed by atoms with Gasteiger partial charge in [0.2, 0.25) is 10.0 Å². The van der Waals surface area contributed by atoms with E-state index in [0.717, 1.165) is 15.3 Å². The molecule has 0 unspecified atom stereocenters. The summed E-state index contributed by atoms with van der Waals surface area (Å²) in [6.45, 7) is 1.79. The minimum Gasteiger partial charge on any atom is -0.451 e. The van der Waals surface area contributed by atoms with Crippen LogP contribution in [0.3, 0.4) is 0 Å². The summed E-state index contributed by atoms with van der Waals surface area (Å²) in [5, 5.41) is 3.55. The fourth-order valence-corrected chi connectivity index (χ4v) is 3.31. The second kappa shape index (κ2) is 6.34. The van der Waals surface area contributed by atoms with Gasteiger partial charge in [0.05, 0.1) is 4.90 Å². The Labute approximate surface area is 146 Å². The maximum absolute atomic E-state index is 12.5. The number of nitrogens with zero attached hydrogens (tertiary/aromatic N) is 1. The molecule has 1 aromatic heterocycles. The molecule has 0 spiro atoms. The normalized spacial score (nSPS) is 11.8. The number of carbonyl (C=O) groups excluding carboxylic acids is 1. The van der Waals surface area contributed by atoms with E-state index in [1.165, 1.54) is 26.2 Å². The molecular formula is C18H18N2O4S. The average Bonchev–Trinajstić information content (AvgIpc) is 3.00. The smallest absolute Gasteiger partial charge is 0.291 e. The first-order chi connectivity index (χ1) is 11.8. The zero-order valence-electron chi connectivity index (χ0n) is 14.1. The van der Waals surface area contributed by atoms with Gasteiger partial charge in [-0.15, -0.1) is 0 Å². The van der Waals surface area contributed by atoms with Crippen molar-refractivity contribution in [2.24, 2.45) is 0 Å². The van der Waals surface area contributed by atoms with Crippen molar-refractivity contribution in [3.63, 3.8) is 0 Å². The molecule has 0 bridgehead atoms. The Morgan fingerprint density at radius 3 is 2.48 bits per heavy atom. The highest BCUT2D eigenvalue weighted by atomic mass is 32.2. The summed E-state index contributed by atoms with van der Waals surface area (Å²) in [7, 11) is -0.658. The van der Waals surface area contributed by atoms with Gasteiger partial charge in [0.15, 0.2) is 5.76 Å². The molecule has 1 heterocycles. The Balaban J connectivity index is 1.93. The average molecular weight is 358 g/mol. The second-order valence-corrected chi connectivity index (χ2v) is 8.02. The van der Waals surface area contributed by atoms with E-state index in [1.807, 2.05) is 18.2 Å². The van der Waals surface area contributed by atoms with E-state index in [1.54, 1.807) is 25.1 Å². The predicted octanol–water partition coefficient (Wildman–Crippen LogP) is 3.24. The number of furan rings is 1. The van der Waals surface area contributed by atoms with Gasteiger partial charge in [0, 0.05) is 25.2 Å². The summed E-state index contributed by atoms with van der Waals surface area (Å²) in [5.74, 6) is -0.264. The Hall–Kier alpha value is -2.64. The van der Waals surface area contributed by atoms with Crippen molar-refractivity contribution in [3.8, 4) is 0 Å². The predicted molar refractivity (Wildman–Crippen MR) is 96.2 cm³/mol. The fourth-order valence-electron chi connectivity index (χ4n) is 2.38. The van der Waals surface area contributed by atoms with Gasteiger partial charge in [0.1, 0.15) is 5.58 Å². The molecule has 0 aliphatic rings. The highest BCUT2D eigenvalue weighted by molar-refractivity contribution is 7.89. The number of hydrogen-bond donors (Lipinski definition) is 1. The van der Waals surface area contributed by atoms with Crippen molar-refractivity contribution >= 4 is 32.6 Å². The van der Waals surface area contributed by atoms with E-state index < -0.39 is 15.9 Å². The van der Waals surface area contributed by atoms with Gasteiger partial charge in [-0.3, -0.25) is 4.79 Å². The number of sulfonamides is 1. The molecule has 3 aromatic rings. The third-order valence-corrected chi connectivity index (χ3v) is 5.70. The van der Waals surface area contributed by atoms with E-state index in [2.05, 4.69) is 5.32 Å². The molecule has 2 aromatic carbocycles. The zero-order valence-corrected chi connectivity index (χ0v) is 14.9. The largest absolute Gasteiger partial charge is 0.451 e. The van der Waals surface area contributed by atoms with Crippen LogP contribution in [0.5, 0.6) is 0 Å². The number of carbonyl (C=O) groups is 1. The molecule has 0 fully saturated rings. The number of amides is 1. The van der Waals surface area contributed by atoms with Crippen LogP contribution in [0.4, 0.5) is 5.69 Å². The molecule has 7 heteroatoms. The Bertz CT molecular complexity index is 1020. The van der Waals surface area contributed by atoms with Crippen LogP contribution in [-0.2, 0) is 10.0 Å². The SMILES string of the molecule is Cc1ccc(S(=O)(=O)N(C)C)cc1NC(=O)c1cc2ccccc2o1. The number of hydrogen-bond acceptors (Lipinski definition) is 4. The van der Waals surface area contributed by atoms with E-state index in [9.17, 15) is 13.2 Å². The number of para-hydroxylation sites is 1. The van der Waals surface area contributed by atoms with Gasteiger partial charge in [-0.1, -0.05) is 24.3 Å². The molecule has 0 saturated carbocycles. The van der Waals surface area contributed by atoms with Crippen molar-refractivity contribution in [1.82, 2.24) is 4.31 Å². The summed E-state index contributed by atoms with van der Waals surface area (Å²) in [5.41, 5.74) is 1.80. The highest BCUT2D eigenvalue weighted by Crippen LogP contribution is 2.24. The molecule has 0 saturated heterocycles. The lowest BCUT2D eigenvalue weighted by atomic mass is 10.2. The summed E-state index contributed by atoms with van der Waals surface area (Å²) in [6.07, 6.45) is 0. The number of fused-ring (bicyclic) bond motifs is 1. The molecule has 6 nitrogen and oxygen atoms in total. The van der Waals surface area contributed by atoms with Gasteiger partial charge >= 0.3 is 0 Å². The van der Waals surface area contributed by atoms with Gasteiger partial charge in [-0.25, -0.2) is 12.7 Å². The first kappa shape index (κ1) is 17.2. The van der Waals surface area contributed by atoms with Crippen LogP contribution in [0.15, 0.2) is 57.8 Å². The molecule has 0 radical (unpaired) electrons. The lowest BCUT2D eigenvalue weighted by molar-refractivity contribution is 0.0998. The fraction of sp³-hybridized carbons (Fsp3) is 0.167. The van der Waals surface area contributed by atoms with Gasteiger partial charge in [-0.2, -0.15) is 0 Å². The first-order valence-corrected chi connectivity index (χ1v) is 9.06. The molecule has 130 valence electrons. The monoisotopic (exact) mass is 358 g/mol. The van der Waals surface area contributed by atoms with E-state index in [4.69, 9.17) is 4.42 Å². The molecule has 1 amide bonds. The Kier molecular flexibility index (Phi) is 4.36. The molecular weight excluding hydrogens is 340 g/mol. The van der Waals surface area contributed by atoms with Crippen LogP contribution >= 0.6 is 0 Å². The zero-order chi connectivity index (χ0) is 18.2. The molecule has 1 N–H and O–H groups in total. The van der Waals surface area contributed by atoms with E-state index >= 15 is 0 Å². The number of rotatable bonds is 4. The standard InChI is InChI=1S/C18H18N2O4S/c1-12-8-9-14(25(22,23)20(2)3)11-15(12)19-18(21)17-10-13-6-4-5-7-16(13)24-17/h4-11H,1-3H3,(H,19,21). The lowest BCUT2D eigenvalue weighted by Crippen LogP contribution is -2.22. The van der Waals surface area contributed by atoms with Crippen LogP contribution < -0.4 is 5.32 Å². The summed E-state index contributed by atoms with van der Waals surface area (Å²) in [6, 6.07) is 13.6. The number of aryl methyl sites for hydroxylation is 1. The highest BCUT2D eigenvalue weighted by Gasteiger charge is 2.19. The maximum atomic E-state index is 12.5. The van der Waals surface area contributed by atoms with Crippen molar-refractivity contribution in [2.45, 2.75) is 11.8 Å². The van der Waals surface area contributed by atoms with E-state index in [-0.39, 0.29) is 10.7 Å². The van der Waals surface area contributed by atoms with Gasteiger partial charge in [0.25, 0.3) is 5.91 Å². The molecule has 0 aliphatic carbocycles. The minimum absolute atomic E-state index is 0.114. The summed E-state index contributed by atoms with van der Waals surface area (Å²) < 4.78 is 31.2. The number of nitrogens with one attached hydrogen (secondary N) is 1. The van der Waals surface area contributed by atoms with Gasteiger partial charge in [-0.05, 0) is 36.8 Å². The van der Waals surface area contributed by atoms with Crippen molar-refractivity contribution in [1.29, 1.82) is 0 Å². The topological polar surface area (TPSA) is 79.6 Å². The minimum atomic E-state index is -3.58. The third kappa shape index (κ3) is 3.29. The lowest BCUT2D eigenvalue weighted by Gasteiger charge is -2.14. The van der Waals surface area contributed by atoms with E-state index in [0.29, 0.717) is 11.3 Å². The molecule has 0 aliphatic heterocycles. The van der Waals surface area contributed by atoms with Gasteiger partial charge < -0.3 is 9.73 Å². The quantitative estimate of drug-likeness (QED) is 0.776. The van der Waals surface area contributed by atoms with Crippen molar-refractivity contribution < 1.29 is 17.6 Å². The first-order valence-electron chi connectivity index (χ1n) is 7.62. The van der Waals surface area contributed by atoms with Crippen LogP contribution in [-0.4, -0.2) is 32.7 Å². The van der Waals surface area contributed by atoms with Crippen LogP contribution in [0.25, 0.3) is 11.0 Å². The molecule has 3 rings (SSSR count). The molecule has 0 atom stereocenters. The van der Waals surface area contributed by atoms with Crippen molar-refractivity contribution in [2.75, 3.05) is 19.4 Å².